The van der Waals surface area contributed by atoms with E-state index in [1.165, 1.54) is 5.56 Å². The number of nitrogens with zero attached hydrogens (tertiary/aromatic N) is 2. The van der Waals surface area contributed by atoms with Crippen LogP contribution in [-0.2, 0) is 11.2 Å². The molecule has 5 heteroatoms. The van der Waals surface area contributed by atoms with Crippen LogP contribution in [0.15, 0.2) is 54.6 Å². The van der Waals surface area contributed by atoms with E-state index in [4.69, 9.17) is 4.74 Å². The molecule has 0 unspecified atom stereocenters. The molecule has 2 amide bonds. The molecule has 0 spiro atoms. The van der Waals surface area contributed by atoms with Gasteiger partial charge in [-0.3, -0.25) is 9.59 Å². The largest absolute Gasteiger partial charge is 0.491 e. The smallest absolute Gasteiger partial charge is 0.257 e. The van der Waals surface area contributed by atoms with Gasteiger partial charge in [-0.1, -0.05) is 56.3 Å². The Morgan fingerprint density at radius 1 is 1.03 bits per heavy atom. The number of para-hydroxylation sites is 1. The van der Waals surface area contributed by atoms with Crippen molar-refractivity contribution in [1.82, 2.24) is 9.80 Å². The highest BCUT2D eigenvalue weighted by molar-refractivity contribution is 5.96. The highest BCUT2D eigenvalue weighted by atomic mass is 16.5. The summed E-state index contributed by atoms with van der Waals surface area (Å²) in [4.78, 5) is 30.3. The molecule has 0 radical (unpaired) electrons. The van der Waals surface area contributed by atoms with E-state index < -0.39 is 0 Å². The van der Waals surface area contributed by atoms with Crippen LogP contribution < -0.4 is 4.74 Å². The van der Waals surface area contributed by atoms with Crippen LogP contribution in [0.1, 0.15) is 56.0 Å². The minimum Gasteiger partial charge on any atom is -0.491 e. The Labute approximate surface area is 192 Å². The molecule has 3 rings (SSSR count). The van der Waals surface area contributed by atoms with Gasteiger partial charge in [-0.15, -0.1) is 0 Å². The third kappa shape index (κ3) is 6.35. The third-order valence-corrected chi connectivity index (χ3v) is 5.95. The van der Waals surface area contributed by atoms with Crippen molar-refractivity contribution < 1.29 is 14.3 Å². The molecule has 0 bridgehead atoms. The maximum Gasteiger partial charge on any atom is 0.257 e. The van der Waals surface area contributed by atoms with Crippen LogP contribution in [0.5, 0.6) is 5.75 Å². The molecule has 0 aromatic heterocycles. The van der Waals surface area contributed by atoms with Crippen molar-refractivity contribution in [3.63, 3.8) is 0 Å². The summed E-state index contributed by atoms with van der Waals surface area (Å²) in [6, 6.07) is 17.6. The van der Waals surface area contributed by atoms with Crippen molar-refractivity contribution in [3.05, 3.63) is 65.7 Å². The summed E-state index contributed by atoms with van der Waals surface area (Å²) in [7, 11) is 0. The second-order valence-electron chi connectivity index (χ2n) is 8.93. The van der Waals surface area contributed by atoms with Gasteiger partial charge in [-0.05, 0) is 49.8 Å². The fraction of sp³-hybridized carbons (Fsp3) is 0.481. The van der Waals surface area contributed by atoms with Gasteiger partial charge in [0.25, 0.3) is 5.91 Å². The zero-order valence-electron chi connectivity index (χ0n) is 19.6. The van der Waals surface area contributed by atoms with Crippen molar-refractivity contribution in [1.29, 1.82) is 0 Å². The maximum atomic E-state index is 13.3. The summed E-state index contributed by atoms with van der Waals surface area (Å²) >= 11 is 0. The lowest BCUT2D eigenvalue weighted by molar-refractivity contribution is -0.135. The molecule has 0 fully saturated rings. The van der Waals surface area contributed by atoms with Gasteiger partial charge in [0.1, 0.15) is 12.4 Å². The minimum atomic E-state index is -0.0893. The summed E-state index contributed by atoms with van der Waals surface area (Å²) in [6.45, 7) is 8.53. The van der Waals surface area contributed by atoms with Gasteiger partial charge in [0.15, 0.2) is 0 Å². The van der Waals surface area contributed by atoms with Crippen LogP contribution in [0.4, 0.5) is 0 Å². The second-order valence-corrected chi connectivity index (χ2v) is 8.93. The number of carbonyl (C=O) groups is 2. The first-order chi connectivity index (χ1) is 15.5. The second kappa shape index (κ2) is 11.7. The minimum absolute atomic E-state index is 0.0102. The monoisotopic (exact) mass is 436 g/mol. The first-order valence-electron chi connectivity index (χ1n) is 11.8. The predicted octanol–water partition coefficient (Wildman–Crippen LogP) is 4.81. The molecular weight excluding hydrogens is 400 g/mol. The lowest BCUT2D eigenvalue weighted by atomic mass is 10.0. The van der Waals surface area contributed by atoms with E-state index in [1.807, 2.05) is 59.2 Å². The van der Waals surface area contributed by atoms with Crippen molar-refractivity contribution in [3.8, 4) is 5.75 Å². The lowest BCUT2D eigenvalue weighted by Gasteiger charge is -2.34. The molecular formula is C27H36N2O3. The maximum absolute atomic E-state index is 13.3. The molecule has 1 heterocycles. The first-order valence-corrected chi connectivity index (χ1v) is 11.8. The van der Waals surface area contributed by atoms with Crippen molar-refractivity contribution in [2.75, 3.05) is 26.2 Å². The number of amides is 2. The van der Waals surface area contributed by atoms with Crippen LogP contribution in [0.25, 0.3) is 0 Å². The quantitative estimate of drug-likeness (QED) is 0.676. The van der Waals surface area contributed by atoms with Crippen LogP contribution in [0.3, 0.4) is 0 Å². The molecule has 172 valence electrons. The Morgan fingerprint density at radius 2 is 1.72 bits per heavy atom. The molecule has 2 aromatic carbocycles. The number of rotatable bonds is 5. The zero-order chi connectivity index (χ0) is 22.9. The van der Waals surface area contributed by atoms with Gasteiger partial charge < -0.3 is 14.5 Å². The molecule has 1 aliphatic heterocycles. The summed E-state index contributed by atoms with van der Waals surface area (Å²) in [6.07, 6.45) is 2.98. The van der Waals surface area contributed by atoms with Crippen LogP contribution in [-0.4, -0.2) is 53.9 Å². The zero-order valence-corrected chi connectivity index (χ0v) is 19.6. The highest BCUT2D eigenvalue weighted by Gasteiger charge is 2.27. The number of ether oxygens (including phenoxy) is 1. The topological polar surface area (TPSA) is 49.9 Å². The van der Waals surface area contributed by atoms with Crippen LogP contribution >= 0.6 is 0 Å². The molecule has 0 N–H and O–H groups in total. The molecule has 32 heavy (non-hydrogen) atoms. The third-order valence-electron chi connectivity index (χ3n) is 5.95. The lowest BCUT2D eigenvalue weighted by Crippen LogP contribution is -2.46. The van der Waals surface area contributed by atoms with Crippen LogP contribution in [0, 0.1) is 5.92 Å². The normalized spacial score (nSPS) is 17.9. The van der Waals surface area contributed by atoms with E-state index in [9.17, 15) is 9.59 Å². The fourth-order valence-corrected chi connectivity index (χ4v) is 4.24. The molecule has 2 aromatic rings. The van der Waals surface area contributed by atoms with E-state index in [0.29, 0.717) is 49.9 Å². The Hall–Kier alpha value is -2.82. The number of hydrogen-bond acceptors (Lipinski definition) is 3. The predicted molar refractivity (Wildman–Crippen MR) is 128 cm³/mol. The van der Waals surface area contributed by atoms with E-state index >= 15 is 0 Å². The van der Waals surface area contributed by atoms with Gasteiger partial charge in [-0.2, -0.15) is 0 Å². The molecule has 1 atom stereocenters. The van der Waals surface area contributed by atoms with Gasteiger partial charge in [0.2, 0.25) is 5.91 Å². The van der Waals surface area contributed by atoms with E-state index in [-0.39, 0.29) is 17.9 Å². The standard InChI is InChI=1S/C27H36N2O3/c1-4-28-16-10-11-17-29(26(30)18-21(2)3)23(19-22-12-6-5-7-13-22)20-32-25-15-9-8-14-24(25)27(28)31/h5-9,12-15,21,23H,4,10-11,16-20H2,1-3H3/t23-/m0/s1. The number of hydrogen-bond donors (Lipinski definition) is 0. The first kappa shape index (κ1) is 23.8. The fourth-order valence-electron chi connectivity index (χ4n) is 4.24. The Bertz CT molecular complexity index is 881. The SMILES string of the molecule is CCN1CCCCN(C(=O)CC(C)C)[C@@H](Cc2ccccc2)COc2ccccc2C1=O. The molecule has 5 nitrogen and oxygen atoms in total. The Morgan fingerprint density at radius 3 is 2.44 bits per heavy atom. The Balaban J connectivity index is 1.93. The number of benzene rings is 2. The summed E-state index contributed by atoms with van der Waals surface area (Å²) in [5.41, 5.74) is 1.77. The molecule has 0 aliphatic carbocycles. The average Bonchev–Trinajstić information content (AvgIpc) is 2.78. The average molecular weight is 437 g/mol. The number of carbonyl (C=O) groups excluding carboxylic acids is 2. The van der Waals surface area contributed by atoms with Crippen LogP contribution in [0.2, 0.25) is 0 Å². The summed E-state index contributed by atoms with van der Waals surface area (Å²) < 4.78 is 6.25. The highest BCUT2D eigenvalue weighted by Crippen LogP contribution is 2.23. The number of fused-ring (bicyclic) bond motifs is 1. The van der Waals surface area contributed by atoms with E-state index in [0.717, 1.165) is 19.3 Å². The van der Waals surface area contributed by atoms with Crippen molar-refractivity contribution in [2.45, 2.75) is 52.5 Å². The van der Waals surface area contributed by atoms with E-state index in [2.05, 4.69) is 26.0 Å². The van der Waals surface area contributed by atoms with Crippen molar-refractivity contribution >= 4 is 11.8 Å². The van der Waals surface area contributed by atoms with Crippen molar-refractivity contribution in [2.24, 2.45) is 5.92 Å². The van der Waals surface area contributed by atoms with Gasteiger partial charge in [0.05, 0.1) is 11.6 Å². The molecule has 1 aliphatic rings. The summed E-state index contributed by atoms with van der Waals surface area (Å²) in [5.74, 6) is 1.08. The van der Waals surface area contributed by atoms with Gasteiger partial charge in [-0.25, -0.2) is 0 Å². The van der Waals surface area contributed by atoms with E-state index in [1.54, 1.807) is 0 Å². The van der Waals surface area contributed by atoms with Gasteiger partial charge in [0, 0.05) is 26.1 Å². The Kier molecular flexibility index (Phi) is 8.72. The van der Waals surface area contributed by atoms with Gasteiger partial charge >= 0.3 is 0 Å². The summed E-state index contributed by atoms with van der Waals surface area (Å²) in [5, 5.41) is 0. The molecule has 0 saturated carbocycles. The molecule has 0 saturated heterocycles.